The summed E-state index contributed by atoms with van der Waals surface area (Å²) < 4.78 is 25.1. The van der Waals surface area contributed by atoms with Gasteiger partial charge in [0.1, 0.15) is 0 Å². The molecule has 2 heterocycles. The highest BCUT2D eigenvalue weighted by atomic mass is 127. The number of hydrogen-bond donors (Lipinski definition) is 0. The van der Waals surface area contributed by atoms with Crippen LogP contribution in [0, 0.1) is 3.57 Å². The molecule has 0 bridgehead atoms. The van der Waals surface area contributed by atoms with E-state index < -0.39 is 9.84 Å². The lowest BCUT2D eigenvalue weighted by molar-refractivity contribution is -0.117. The Bertz CT molecular complexity index is 779. The predicted molar refractivity (Wildman–Crippen MR) is 107 cm³/mol. The molecular formula is C16H19IN2O3S2. The normalized spacial score (nSPS) is 26.8. The Morgan fingerprint density at radius 3 is 2.92 bits per heavy atom. The Morgan fingerprint density at radius 1 is 1.42 bits per heavy atom. The maximum absolute atomic E-state index is 12.1. The Kier molecular flexibility index (Phi) is 5.55. The van der Waals surface area contributed by atoms with E-state index >= 15 is 0 Å². The van der Waals surface area contributed by atoms with Crippen molar-refractivity contribution >= 4 is 61.0 Å². The van der Waals surface area contributed by atoms with Crippen molar-refractivity contribution in [2.75, 3.05) is 16.4 Å². The Balaban J connectivity index is 1.94. The summed E-state index contributed by atoms with van der Waals surface area (Å²) in [5.41, 5.74) is 0.904. The van der Waals surface area contributed by atoms with Crippen LogP contribution in [0.4, 0.5) is 5.69 Å². The number of nitrogens with zero attached hydrogens (tertiary/aromatic N) is 2. The van der Waals surface area contributed by atoms with Gasteiger partial charge in [0.2, 0.25) is 5.91 Å². The first-order chi connectivity index (χ1) is 11.4. The number of unbranched alkanes of at least 4 members (excludes halogenated alkanes) is 1. The van der Waals surface area contributed by atoms with Crippen molar-refractivity contribution in [1.29, 1.82) is 0 Å². The van der Waals surface area contributed by atoms with Gasteiger partial charge in [0, 0.05) is 20.9 Å². The van der Waals surface area contributed by atoms with Crippen molar-refractivity contribution in [3.05, 3.63) is 27.8 Å². The van der Waals surface area contributed by atoms with E-state index in [4.69, 9.17) is 0 Å². The Hall–Kier alpha value is -0.610. The number of rotatable bonds is 4. The van der Waals surface area contributed by atoms with E-state index in [-0.39, 0.29) is 28.7 Å². The van der Waals surface area contributed by atoms with Crippen LogP contribution in [0.15, 0.2) is 29.3 Å². The summed E-state index contributed by atoms with van der Waals surface area (Å²) in [6.45, 7) is 2.04. The number of anilines is 1. The number of benzene rings is 1. The average molecular weight is 478 g/mol. The summed E-state index contributed by atoms with van der Waals surface area (Å²) in [6, 6.07) is 7.73. The van der Waals surface area contributed by atoms with Crippen molar-refractivity contribution < 1.29 is 13.2 Å². The first-order valence-electron chi connectivity index (χ1n) is 7.93. The van der Waals surface area contributed by atoms with E-state index in [1.807, 2.05) is 36.1 Å². The maximum Gasteiger partial charge on any atom is 0.248 e. The molecule has 0 radical (unpaired) electrons. The summed E-state index contributed by atoms with van der Waals surface area (Å²) in [4.78, 5) is 18.4. The molecule has 0 aliphatic carbocycles. The second-order valence-corrected chi connectivity index (χ2v) is 10.6. The number of carbonyl (C=O) groups is 1. The van der Waals surface area contributed by atoms with E-state index in [0.717, 1.165) is 22.1 Å². The smallest absolute Gasteiger partial charge is 0.248 e. The van der Waals surface area contributed by atoms with Crippen LogP contribution < -0.4 is 4.90 Å². The van der Waals surface area contributed by atoms with Crippen LogP contribution in [-0.4, -0.2) is 42.3 Å². The summed E-state index contributed by atoms with van der Waals surface area (Å²) in [5, 5.41) is 0.591. The fourth-order valence-corrected chi connectivity index (χ4v) is 7.44. The molecule has 3 rings (SSSR count). The monoisotopic (exact) mass is 478 g/mol. The number of halogens is 1. The second-order valence-electron chi connectivity index (χ2n) is 6.04. The fourth-order valence-electron chi connectivity index (χ4n) is 2.98. The van der Waals surface area contributed by atoms with E-state index in [1.165, 1.54) is 11.8 Å². The quantitative estimate of drug-likeness (QED) is 0.623. The first-order valence-corrected chi connectivity index (χ1v) is 11.7. The van der Waals surface area contributed by atoms with Crippen molar-refractivity contribution in [3.8, 4) is 0 Å². The van der Waals surface area contributed by atoms with Crippen LogP contribution in [0.5, 0.6) is 0 Å². The van der Waals surface area contributed by atoms with Gasteiger partial charge in [-0.1, -0.05) is 31.2 Å². The molecule has 1 aromatic carbocycles. The molecule has 2 fully saturated rings. The lowest BCUT2D eigenvalue weighted by atomic mass is 10.2. The van der Waals surface area contributed by atoms with Gasteiger partial charge in [0.15, 0.2) is 15.0 Å². The summed E-state index contributed by atoms with van der Waals surface area (Å²) in [7, 11) is -3.03. The average Bonchev–Trinajstić information content (AvgIpc) is 2.96. The molecule has 2 aliphatic heterocycles. The molecule has 2 atom stereocenters. The van der Waals surface area contributed by atoms with Crippen LogP contribution in [0.1, 0.15) is 26.2 Å². The van der Waals surface area contributed by atoms with Gasteiger partial charge in [-0.15, -0.1) is 0 Å². The minimum atomic E-state index is -3.03. The number of sulfone groups is 1. The van der Waals surface area contributed by atoms with Gasteiger partial charge in [-0.05, 0) is 47.2 Å². The molecule has 2 saturated heterocycles. The molecular weight excluding hydrogens is 459 g/mol. The second kappa shape index (κ2) is 7.33. The van der Waals surface area contributed by atoms with Crippen LogP contribution in [0.2, 0.25) is 0 Å². The minimum absolute atomic E-state index is 0.0504. The first kappa shape index (κ1) is 18.2. The molecule has 0 spiro atoms. The zero-order chi connectivity index (χ0) is 17.3. The van der Waals surface area contributed by atoms with Crippen LogP contribution in [-0.2, 0) is 14.6 Å². The van der Waals surface area contributed by atoms with Crippen LogP contribution >= 0.6 is 34.4 Å². The lowest BCUT2D eigenvalue weighted by Crippen LogP contribution is -2.37. The number of aliphatic imine (C=N–C) groups is 1. The third kappa shape index (κ3) is 3.96. The maximum atomic E-state index is 12.1. The van der Waals surface area contributed by atoms with Crippen molar-refractivity contribution in [2.45, 2.75) is 37.5 Å². The van der Waals surface area contributed by atoms with Crippen molar-refractivity contribution in [1.82, 2.24) is 0 Å². The third-order valence-electron chi connectivity index (χ3n) is 4.12. The van der Waals surface area contributed by atoms with E-state index in [2.05, 4.69) is 27.6 Å². The van der Waals surface area contributed by atoms with Gasteiger partial charge in [0.05, 0.1) is 17.5 Å². The molecule has 24 heavy (non-hydrogen) atoms. The fraction of sp³-hybridized carbons (Fsp3) is 0.500. The molecule has 1 amide bonds. The molecule has 1 aromatic rings. The van der Waals surface area contributed by atoms with E-state index in [1.54, 1.807) is 0 Å². The van der Waals surface area contributed by atoms with Gasteiger partial charge in [-0.25, -0.2) is 8.42 Å². The Morgan fingerprint density at radius 2 is 2.21 bits per heavy atom. The summed E-state index contributed by atoms with van der Waals surface area (Å²) in [6.07, 6.45) is 2.22. The molecule has 2 aliphatic rings. The zero-order valence-electron chi connectivity index (χ0n) is 13.3. The highest BCUT2D eigenvalue weighted by molar-refractivity contribution is 14.1. The number of amidine groups is 1. The number of hydrogen-bond acceptors (Lipinski definition) is 4. The van der Waals surface area contributed by atoms with Gasteiger partial charge in [0.25, 0.3) is 0 Å². The topological polar surface area (TPSA) is 66.8 Å². The number of amides is 1. The summed E-state index contributed by atoms with van der Waals surface area (Å²) >= 11 is 3.66. The standard InChI is InChI=1S/C16H19IN2O3S2/c1-2-3-7-15(20)18-16-19(12-6-4-5-11(17)8-12)13-9-24(21,22)10-14(13)23-16/h4-6,8,13-14H,2-3,7,9-10H2,1H3/t13-,14+/m1/s1. The van der Waals surface area contributed by atoms with Crippen molar-refractivity contribution in [2.24, 2.45) is 4.99 Å². The number of thioether (sulfide) groups is 1. The molecule has 5 nitrogen and oxygen atoms in total. The van der Waals surface area contributed by atoms with Crippen LogP contribution in [0.25, 0.3) is 0 Å². The van der Waals surface area contributed by atoms with Gasteiger partial charge >= 0.3 is 0 Å². The lowest BCUT2D eigenvalue weighted by Gasteiger charge is -2.24. The van der Waals surface area contributed by atoms with Crippen molar-refractivity contribution in [3.63, 3.8) is 0 Å². The molecule has 0 unspecified atom stereocenters. The zero-order valence-corrected chi connectivity index (χ0v) is 17.1. The minimum Gasteiger partial charge on any atom is -0.316 e. The number of fused-ring (bicyclic) bond motifs is 1. The van der Waals surface area contributed by atoms with E-state index in [0.29, 0.717) is 11.6 Å². The Labute approximate surface area is 160 Å². The van der Waals surface area contributed by atoms with Gasteiger partial charge < -0.3 is 4.90 Å². The van der Waals surface area contributed by atoms with Gasteiger partial charge in [-0.2, -0.15) is 4.99 Å². The molecule has 130 valence electrons. The van der Waals surface area contributed by atoms with E-state index in [9.17, 15) is 13.2 Å². The molecule has 0 saturated carbocycles. The summed E-state index contributed by atoms with van der Waals surface area (Å²) in [5.74, 6) is 0.154. The molecule has 0 aromatic heterocycles. The highest BCUT2D eigenvalue weighted by Crippen LogP contribution is 2.41. The predicted octanol–water partition coefficient (Wildman–Crippen LogP) is 3.08. The molecule has 0 N–H and O–H groups in total. The number of carbonyl (C=O) groups excluding carboxylic acids is 1. The largest absolute Gasteiger partial charge is 0.316 e. The van der Waals surface area contributed by atoms with Crippen LogP contribution in [0.3, 0.4) is 0 Å². The highest BCUT2D eigenvalue weighted by Gasteiger charge is 2.49. The third-order valence-corrected chi connectivity index (χ3v) is 8.00. The van der Waals surface area contributed by atoms with Gasteiger partial charge in [-0.3, -0.25) is 4.79 Å². The molecule has 8 heteroatoms. The SMILES string of the molecule is CCCCC(=O)N=C1S[C@H]2CS(=O)(=O)C[C@H]2N1c1cccc(I)c1.